The van der Waals surface area contributed by atoms with E-state index in [0.717, 1.165) is 28.2 Å². The van der Waals surface area contributed by atoms with Gasteiger partial charge < -0.3 is 9.38 Å². The molecule has 0 radical (unpaired) electrons. The number of aromatic nitrogens is 3. The summed E-state index contributed by atoms with van der Waals surface area (Å²) in [5, 5.41) is 9.03. The molecule has 3 aromatic heterocycles. The highest BCUT2D eigenvalue weighted by atomic mass is 16.1. The molecule has 5 nitrogen and oxygen atoms in total. The standard InChI is InChI=1S/C16H14N4O/c1-3-13-12(6-11(7-17)16(21)19-13)14-9-20-8-10(2)4-5-15(20)18-14/h4-6,8-9H,3H2,1-2H3,(H,19,21). The lowest BCUT2D eigenvalue weighted by Gasteiger charge is -2.04. The Labute approximate surface area is 121 Å². The Morgan fingerprint density at radius 1 is 1.38 bits per heavy atom. The maximum absolute atomic E-state index is 11.7. The maximum Gasteiger partial charge on any atom is 0.266 e. The second-order valence-electron chi connectivity index (χ2n) is 4.97. The average Bonchev–Trinajstić information content (AvgIpc) is 2.89. The number of hydrogen-bond donors (Lipinski definition) is 1. The number of H-pyrrole nitrogens is 1. The van der Waals surface area contributed by atoms with Gasteiger partial charge in [-0.15, -0.1) is 0 Å². The van der Waals surface area contributed by atoms with E-state index in [-0.39, 0.29) is 11.1 Å². The summed E-state index contributed by atoms with van der Waals surface area (Å²) in [6.45, 7) is 3.98. The molecule has 1 N–H and O–H groups in total. The van der Waals surface area contributed by atoms with Gasteiger partial charge in [0.25, 0.3) is 5.56 Å². The van der Waals surface area contributed by atoms with Crippen molar-refractivity contribution in [3.8, 4) is 17.3 Å². The zero-order chi connectivity index (χ0) is 15.0. The third kappa shape index (κ3) is 2.21. The lowest BCUT2D eigenvalue weighted by molar-refractivity contribution is 1.01. The van der Waals surface area contributed by atoms with Crippen molar-refractivity contribution in [1.29, 1.82) is 5.26 Å². The van der Waals surface area contributed by atoms with Gasteiger partial charge in [0.1, 0.15) is 17.3 Å². The molecule has 104 valence electrons. The van der Waals surface area contributed by atoms with E-state index in [4.69, 9.17) is 5.26 Å². The lowest BCUT2D eigenvalue weighted by atomic mass is 10.1. The summed E-state index contributed by atoms with van der Waals surface area (Å²) >= 11 is 0. The Bertz CT molecular complexity index is 928. The minimum Gasteiger partial charge on any atom is -0.324 e. The van der Waals surface area contributed by atoms with Crippen molar-refractivity contribution in [2.75, 3.05) is 0 Å². The van der Waals surface area contributed by atoms with E-state index in [1.165, 1.54) is 0 Å². The van der Waals surface area contributed by atoms with Crippen LogP contribution in [0, 0.1) is 18.3 Å². The molecule has 0 atom stereocenters. The highest BCUT2D eigenvalue weighted by molar-refractivity contribution is 5.66. The van der Waals surface area contributed by atoms with Gasteiger partial charge in [0.2, 0.25) is 0 Å². The number of nitrogens with one attached hydrogen (secondary N) is 1. The molecule has 0 aromatic carbocycles. The first-order valence-electron chi connectivity index (χ1n) is 6.74. The SMILES string of the molecule is CCc1[nH]c(=O)c(C#N)cc1-c1cn2cc(C)ccc2n1. The van der Waals surface area contributed by atoms with Crippen molar-refractivity contribution in [2.24, 2.45) is 0 Å². The molecule has 0 aliphatic heterocycles. The monoisotopic (exact) mass is 278 g/mol. The fraction of sp³-hybridized carbons (Fsp3) is 0.188. The Hall–Kier alpha value is -2.87. The Balaban J connectivity index is 2.26. The number of nitrogens with zero attached hydrogens (tertiary/aromatic N) is 3. The molecule has 0 saturated carbocycles. The normalized spacial score (nSPS) is 10.7. The molecule has 21 heavy (non-hydrogen) atoms. The second kappa shape index (κ2) is 4.91. The minimum absolute atomic E-state index is 0.107. The molecule has 0 aliphatic carbocycles. The van der Waals surface area contributed by atoms with Gasteiger partial charge in [0.15, 0.2) is 0 Å². The topological polar surface area (TPSA) is 74.0 Å². The van der Waals surface area contributed by atoms with E-state index in [9.17, 15) is 4.79 Å². The van der Waals surface area contributed by atoms with Crippen LogP contribution in [0.25, 0.3) is 16.9 Å². The third-order valence-electron chi connectivity index (χ3n) is 3.47. The van der Waals surface area contributed by atoms with Crippen molar-refractivity contribution in [1.82, 2.24) is 14.4 Å². The number of nitriles is 1. The predicted octanol–water partition coefficient (Wildman–Crippen LogP) is 2.43. The zero-order valence-corrected chi connectivity index (χ0v) is 11.8. The first-order chi connectivity index (χ1) is 10.1. The lowest BCUT2D eigenvalue weighted by Crippen LogP contribution is -2.13. The summed E-state index contributed by atoms with van der Waals surface area (Å²) in [6.07, 6.45) is 4.58. The zero-order valence-electron chi connectivity index (χ0n) is 11.8. The first-order valence-corrected chi connectivity index (χ1v) is 6.74. The van der Waals surface area contributed by atoms with Crippen LogP contribution in [0.1, 0.15) is 23.7 Å². The molecule has 3 rings (SSSR count). The molecule has 5 heteroatoms. The van der Waals surface area contributed by atoms with E-state index in [0.29, 0.717) is 6.42 Å². The number of aryl methyl sites for hydroxylation is 2. The molecular weight excluding hydrogens is 264 g/mol. The Morgan fingerprint density at radius 2 is 2.19 bits per heavy atom. The van der Waals surface area contributed by atoms with Crippen LogP contribution < -0.4 is 5.56 Å². The van der Waals surface area contributed by atoms with E-state index in [2.05, 4.69) is 9.97 Å². The number of rotatable bonds is 2. The highest BCUT2D eigenvalue weighted by Crippen LogP contribution is 2.22. The largest absolute Gasteiger partial charge is 0.324 e. The van der Waals surface area contributed by atoms with E-state index < -0.39 is 0 Å². The summed E-state index contributed by atoms with van der Waals surface area (Å²) in [7, 11) is 0. The molecule has 0 unspecified atom stereocenters. The van der Waals surface area contributed by atoms with Gasteiger partial charge in [0, 0.05) is 23.7 Å². The molecular formula is C16H14N4O. The van der Waals surface area contributed by atoms with E-state index >= 15 is 0 Å². The van der Waals surface area contributed by atoms with Crippen molar-refractivity contribution in [2.45, 2.75) is 20.3 Å². The molecule has 3 heterocycles. The predicted molar refractivity (Wildman–Crippen MR) is 80.1 cm³/mol. The molecule has 0 amide bonds. The molecule has 0 fully saturated rings. The Morgan fingerprint density at radius 3 is 2.90 bits per heavy atom. The molecule has 0 aliphatic rings. The Kier molecular flexibility index (Phi) is 3.07. The summed E-state index contributed by atoms with van der Waals surface area (Å²) in [6, 6.07) is 7.48. The third-order valence-corrected chi connectivity index (χ3v) is 3.47. The molecule has 3 aromatic rings. The van der Waals surface area contributed by atoms with Crippen LogP contribution in [0.2, 0.25) is 0 Å². The minimum atomic E-state index is -0.349. The van der Waals surface area contributed by atoms with Gasteiger partial charge in [-0.2, -0.15) is 5.26 Å². The fourth-order valence-corrected chi connectivity index (χ4v) is 2.39. The summed E-state index contributed by atoms with van der Waals surface area (Å²) in [5.74, 6) is 0. The van der Waals surface area contributed by atoms with Crippen molar-refractivity contribution in [3.05, 3.63) is 57.8 Å². The average molecular weight is 278 g/mol. The quantitative estimate of drug-likeness (QED) is 0.782. The van der Waals surface area contributed by atoms with Gasteiger partial charge in [-0.05, 0) is 31.0 Å². The van der Waals surface area contributed by atoms with Crippen LogP contribution in [0.3, 0.4) is 0 Å². The van der Waals surface area contributed by atoms with Gasteiger partial charge in [0.05, 0.1) is 5.69 Å². The van der Waals surface area contributed by atoms with E-state index in [1.807, 2.05) is 48.8 Å². The van der Waals surface area contributed by atoms with E-state index in [1.54, 1.807) is 6.07 Å². The number of fused-ring (bicyclic) bond motifs is 1. The summed E-state index contributed by atoms with van der Waals surface area (Å²) in [4.78, 5) is 19.1. The smallest absolute Gasteiger partial charge is 0.266 e. The van der Waals surface area contributed by atoms with Crippen LogP contribution in [0.4, 0.5) is 0 Å². The molecule has 0 spiro atoms. The van der Waals surface area contributed by atoms with Gasteiger partial charge in [-0.3, -0.25) is 4.79 Å². The van der Waals surface area contributed by atoms with Crippen LogP contribution in [-0.2, 0) is 6.42 Å². The number of aromatic amines is 1. The van der Waals surface area contributed by atoms with Crippen molar-refractivity contribution >= 4 is 5.65 Å². The number of imidazole rings is 1. The number of pyridine rings is 2. The molecule has 0 saturated heterocycles. The summed E-state index contributed by atoms with van der Waals surface area (Å²) < 4.78 is 1.95. The van der Waals surface area contributed by atoms with Gasteiger partial charge >= 0.3 is 0 Å². The van der Waals surface area contributed by atoms with Gasteiger partial charge in [-0.1, -0.05) is 13.0 Å². The molecule has 0 bridgehead atoms. The van der Waals surface area contributed by atoms with Gasteiger partial charge in [-0.25, -0.2) is 4.98 Å². The number of hydrogen-bond acceptors (Lipinski definition) is 3. The summed E-state index contributed by atoms with van der Waals surface area (Å²) in [5.41, 5.74) is 4.08. The van der Waals surface area contributed by atoms with Crippen LogP contribution in [-0.4, -0.2) is 14.4 Å². The van der Waals surface area contributed by atoms with Crippen LogP contribution >= 0.6 is 0 Å². The second-order valence-corrected chi connectivity index (χ2v) is 4.97. The maximum atomic E-state index is 11.7. The fourth-order valence-electron chi connectivity index (χ4n) is 2.39. The first kappa shape index (κ1) is 13.1. The van der Waals surface area contributed by atoms with Crippen molar-refractivity contribution in [3.63, 3.8) is 0 Å². The van der Waals surface area contributed by atoms with Crippen LogP contribution in [0.15, 0.2) is 35.4 Å². The van der Waals surface area contributed by atoms with Crippen LogP contribution in [0.5, 0.6) is 0 Å². The highest BCUT2D eigenvalue weighted by Gasteiger charge is 2.12. The van der Waals surface area contributed by atoms with Crippen molar-refractivity contribution < 1.29 is 0 Å².